The fraction of sp³-hybridized carbons (Fsp3) is 0.333. The maximum absolute atomic E-state index is 11.3. The minimum atomic E-state index is -0.112. The number of rotatable bonds is 4. The third-order valence-electron chi connectivity index (χ3n) is 5.12. The van der Waals surface area contributed by atoms with Crippen LogP contribution >= 0.6 is 0 Å². The third-order valence-corrected chi connectivity index (χ3v) is 5.12. The molecule has 1 aromatic carbocycles. The van der Waals surface area contributed by atoms with Crippen LogP contribution in [-0.2, 0) is 4.79 Å². The largest absolute Gasteiger partial charge is 0.383 e. The number of benzene rings is 1. The van der Waals surface area contributed by atoms with Crippen LogP contribution in [0.2, 0.25) is 0 Å². The first-order valence-corrected chi connectivity index (χ1v) is 9.75. The molecule has 1 saturated heterocycles. The molecule has 0 aliphatic carbocycles. The summed E-state index contributed by atoms with van der Waals surface area (Å²) in [6, 6.07) is 11.7. The highest BCUT2D eigenvalue weighted by atomic mass is 16.1. The average molecular weight is 391 g/mol. The van der Waals surface area contributed by atoms with Gasteiger partial charge in [-0.15, -0.1) is 0 Å². The van der Waals surface area contributed by atoms with Crippen LogP contribution in [0.3, 0.4) is 0 Å². The second-order valence-corrected chi connectivity index (χ2v) is 7.48. The molecule has 0 radical (unpaired) electrons. The minimum absolute atomic E-state index is 0.112. The Balaban J connectivity index is 1.63. The zero-order chi connectivity index (χ0) is 20.4. The van der Waals surface area contributed by atoms with Gasteiger partial charge in [-0.2, -0.15) is 9.97 Å². The molecule has 1 amide bonds. The van der Waals surface area contributed by atoms with Crippen molar-refractivity contribution in [1.82, 2.24) is 19.9 Å². The zero-order valence-electron chi connectivity index (χ0n) is 16.6. The van der Waals surface area contributed by atoms with Gasteiger partial charge in [-0.25, -0.2) is 4.98 Å². The van der Waals surface area contributed by atoms with Crippen LogP contribution in [0.4, 0.5) is 17.5 Å². The van der Waals surface area contributed by atoms with Gasteiger partial charge in [0.05, 0.1) is 11.1 Å². The van der Waals surface area contributed by atoms with Gasteiger partial charge >= 0.3 is 0 Å². The molecular formula is C21H25N7O. The van der Waals surface area contributed by atoms with Crippen molar-refractivity contribution in [1.29, 1.82) is 0 Å². The van der Waals surface area contributed by atoms with E-state index in [9.17, 15) is 4.79 Å². The van der Waals surface area contributed by atoms with Crippen molar-refractivity contribution in [2.24, 2.45) is 0 Å². The normalized spacial score (nSPS) is 15.4. The number of aromatic nitrogens is 3. The summed E-state index contributed by atoms with van der Waals surface area (Å²) in [5, 5.41) is 6.92. The summed E-state index contributed by atoms with van der Waals surface area (Å²) in [6.45, 7) is 3.58. The lowest BCUT2D eigenvalue weighted by Gasteiger charge is -2.29. The van der Waals surface area contributed by atoms with Crippen LogP contribution in [0.15, 0.2) is 36.4 Å². The molecule has 1 aliphatic heterocycles. The van der Waals surface area contributed by atoms with Crippen molar-refractivity contribution in [3.8, 4) is 11.3 Å². The van der Waals surface area contributed by atoms with Crippen LogP contribution < -0.4 is 16.4 Å². The molecule has 150 valence electrons. The van der Waals surface area contributed by atoms with Crippen molar-refractivity contribution in [3.05, 3.63) is 36.4 Å². The number of nitrogen functional groups attached to an aromatic ring is 1. The number of nitrogens with one attached hydrogen (secondary N) is 2. The predicted molar refractivity (Wildman–Crippen MR) is 116 cm³/mol. The van der Waals surface area contributed by atoms with E-state index in [-0.39, 0.29) is 5.91 Å². The van der Waals surface area contributed by atoms with E-state index in [2.05, 4.69) is 32.5 Å². The number of nitrogens with two attached hydrogens (primary N) is 1. The Morgan fingerprint density at radius 1 is 1.14 bits per heavy atom. The van der Waals surface area contributed by atoms with E-state index in [4.69, 9.17) is 10.7 Å². The highest BCUT2D eigenvalue weighted by Gasteiger charge is 2.18. The Morgan fingerprint density at radius 2 is 1.93 bits per heavy atom. The number of hydrogen-bond donors (Lipinski definition) is 3. The van der Waals surface area contributed by atoms with Crippen LogP contribution in [0.5, 0.6) is 0 Å². The van der Waals surface area contributed by atoms with Gasteiger partial charge in [0.2, 0.25) is 11.9 Å². The van der Waals surface area contributed by atoms with Crippen LogP contribution in [0.1, 0.15) is 19.8 Å². The molecule has 4 N–H and O–H groups in total. The SMILES string of the molecule is CC(=O)Nc1cccc(-c2ccc3c(N)nc(NC4CCN(C)CC4)nc3n2)c1. The molecule has 1 aliphatic rings. The minimum Gasteiger partial charge on any atom is -0.383 e. The standard InChI is InChI=1S/C21H25N7O/c1-13(29)23-16-5-3-4-14(12-16)18-7-6-17-19(22)26-21(27-20(17)25-18)24-15-8-10-28(2)11-9-15/h3-7,12,15H,8-11H2,1-2H3,(H,23,29)(H3,22,24,25,26,27). The number of hydrogen-bond acceptors (Lipinski definition) is 7. The zero-order valence-corrected chi connectivity index (χ0v) is 16.6. The van der Waals surface area contributed by atoms with Gasteiger partial charge in [0.15, 0.2) is 5.65 Å². The molecule has 1 fully saturated rings. The predicted octanol–water partition coefficient (Wildman–Crippen LogP) is 2.74. The highest BCUT2D eigenvalue weighted by Crippen LogP contribution is 2.26. The molecule has 3 aromatic rings. The van der Waals surface area contributed by atoms with Gasteiger partial charge in [0, 0.05) is 24.2 Å². The summed E-state index contributed by atoms with van der Waals surface area (Å²) < 4.78 is 0. The Labute approximate surface area is 169 Å². The summed E-state index contributed by atoms with van der Waals surface area (Å²) >= 11 is 0. The van der Waals surface area contributed by atoms with Crippen LogP contribution in [0.25, 0.3) is 22.3 Å². The Kier molecular flexibility index (Phi) is 5.26. The van der Waals surface area contributed by atoms with Crippen LogP contribution in [-0.4, -0.2) is 51.9 Å². The number of carbonyl (C=O) groups is 1. The summed E-state index contributed by atoms with van der Waals surface area (Å²) in [6.07, 6.45) is 2.09. The number of pyridine rings is 1. The summed E-state index contributed by atoms with van der Waals surface area (Å²) in [5.74, 6) is 0.816. The van der Waals surface area contributed by atoms with E-state index in [1.807, 2.05) is 36.4 Å². The number of nitrogens with zero attached hydrogens (tertiary/aromatic N) is 4. The molecule has 0 atom stereocenters. The first-order chi connectivity index (χ1) is 14.0. The monoisotopic (exact) mass is 391 g/mol. The second kappa shape index (κ2) is 8.00. The van der Waals surface area contributed by atoms with Crippen molar-refractivity contribution < 1.29 is 4.79 Å². The number of piperidine rings is 1. The van der Waals surface area contributed by atoms with Crippen molar-refractivity contribution in [2.75, 3.05) is 36.5 Å². The number of anilines is 3. The quantitative estimate of drug-likeness (QED) is 0.627. The summed E-state index contributed by atoms with van der Waals surface area (Å²) in [4.78, 5) is 27.4. The number of amides is 1. The van der Waals surface area contributed by atoms with Gasteiger partial charge in [0.1, 0.15) is 5.82 Å². The second-order valence-electron chi connectivity index (χ2n) is 7.48. The molecule has 8 nitrogen and oxygen atoms in total. The fourth-order valence-corrected chi connectivity index (χ4v) is 3.55. The smallest absolute Gasteiger partial charge is 0.226 e. The molecule has 0 bridgehead atoms. The van der Waals surface area contributed by atoms with E-state index < -0.39 is 0 Å². The number of fused-ring (bicyclic) bond motifs is 1. The van der Waals surface area contributed by atoms with Gasteiger partial charge in [0.25, 0.3) is 0 Å². The van der Waals surface area contributed by atoms with E-state index in [0.29, 0.717) is 23.5 Å². The maximum atomic E-state index is 11.3. The maximum Gasteiger partial charge on any atom is 0.226 e. The van der Waals surface area contributed by atoms with Gasteiger partial charge in [-0.3, -0.25) is 4.79 Å². The molecular weight excluding hydrogens is 366 g/mol. The van der Waals surface area contributed by atoms with Gasteiger partial charge in [-0.05, 0) is 57.2 Å². The van der Waals surface area contributed by atoms with Gasteiger partial charge in [-0.1, -0.05) is 12.1 Å². The highest BCUT2D eigenvalue weighted by molar-refractivity contribution is 5.90. The molecule has 3 heterocycles. The molecule has 4 rings (SSSR count). The number of carbonyl (C=O) groups excluding carboxylic acids is 1. The van der Waals surface area contributed by atoms with E-state index in [1.54, 1.807) is 0 Å². The first-order valence-electron chi connectivity index (χ1n) is 9.75. The van der Waals surface area contributed by atoms with E-state index in [1.165, 1.54) is 6.92 Å². The molecule has 2 aromatic heterocycles. The lowest BCUT2D eigenvalue weighted by Crippen LogP contribution is -2.37. The van der Waals surface area contributed by atoms with E-state index in [0.717, 1.165) is 48.3 Å². The lowest BCUT2D eigenvalue weighted by molar-refractivity contribution is -0.114. The molecule has 0 unspecified atom stereocenters. The van der Waals surface area contributed by atoms with Crippen molar-refractivity contribution >= 4 is 34.4 Å². The molecule has 8 heteroatoms. The Morgan fingerprint density at radius 3 is 2.69 bits per heavy atom. The van der Waals surface area contributed by atoms with Crippen molar-refractivity contribution in [2.45, 2.75) is 25.8 Å². The van der Waals surface area contributed by atoms with Crippen molar-refractivity contribution in [3.63, 3.8) is 0 Å². The third kappa shape index (κ3) is 4.43. The molecule has 29 heavy (non-hydrogen) atoms. The lowest BCUT2D eigenvalue weighted by atomic mass is 10.1. The van der Waals surface area contributed by atoms with Crippen LogP contribution in [0, 0.1) is 0 Å². The molecule has 0 saturated carbocycles. The average Bonchev–Trinajstić information content (AvgIpc) is 2.69. The first kappa shape index (κ1) is 19.1. The number of likely N-dealkylation sites (tertiary alicyclic amines) is 1. The van der Waals surface area contributed by atoms with E-state index >= 15 is 0 Å². The summed E-state index contributed by atoms with van der Waals surface area (Å²) in [5.41, 5.74) is 9.09. The topological polar surface area (TPSA) is 109 Å². The Bertz CT molecular complexity index is 1040. The Hall–Kier alpha value is -3.26. The molecule has 0 spiro atoms. The summed E-state index contributed by atoms with van der Waals surface area (Å²) in [7, 11) is 2.13. The fourth-order valence-electron chi connectivity index (χ4n) is 3.55. The van der Waals surface area contributed by atoms with Gasteiger partial charge < -0.3 is 21.3 Å².